The molecule has 1 fully saturated rings. The van der Waals surface area contributed by atoms with E-state index in [1.807, 2.05) is 17.7 Å². The first kappa shape index (κ1) is 13.5. The minimum absolute atomic E-state index is 0.429. The molecule has 106 valence electrons. The van der Waals surface area contributed by atoms with Gasteiger partial charge in [-0.15, -0.1) is 5.10 Å². The van der Waals surface area contributed by atoms with Crippen LogP contribution in [0.2, 0.25) is 0 Å². The number of pyridine rings is 1. The highest BCUT2D eigenvalue weighted by atomic mass is 32.2. The lowest BCUT2D eigenvalue weighted by molar-refractivity contribution is 0.423. The molecule has 0 spiro atoms. The average Bonchev–Trinajstić information content (AvgIpc) is 3.09. The number of hydrogen-bond acceptors (Lipinski definition) is 6. The van der Waals surface area contributed by atoms with Crippen LogP contribution < -0.4 is 5.73 Å². The van der Waals surface area contributed by atoms with E-state index in [1.54, 1.807) is 6.20 Å². The van der Waals surface area contributed by atoms with E-state index in [0.29, 0.717) is 12.6 Å². The molecule has 1 saturated carbocycles. The van der Waals surface area contributed by atoms with Crippen LogP contribution >= 0.6 is 11.8 Å². The average molecular weight is 290 g/mol. The number of tetrazole rings is 1. The Morgan fingerprint density at radius 3 is 2.95 bits per heavy atom. The molecular formula is C13H18N6S. The van der Waals surface area contributed by atoms with Crippen molar-refractivity contribution in [2.45, 2.75) is 55.4 Å². The largest absolute Gasteiger partial charge is 0.326 e. The van der Waals surface area contributed by atoms with Gasteiger partial charge in [-0.05, 0) is 53.6 Å². The third kappa shape index (κ3) is 2.55. The fourth-order valence-electron chi connectivity index (χ4n) is 2.62. The van der Waals surface area contributed by atoms with Crippen molar-refractivity contribution < 1.29 is 0 Å². The van der Waals surface area contributed by atoms with Gasteiger partial charge in [0.2, 0.25) is 5.16 Å². The first-order valence-corrected chi connectivity index (χ1v) is 7.71. The quantitative estimate of drug-likeness (QED) is 0.928. The number of rotatable bonds is 4. The van der Waals surface area contributed by atoms with Crippen LogP contribution in [0.25, 0.3) is 0 Å². The minimum atomic E-state index is 0.429. The minimum Gasteiger partial charge on any atom is -0.326 e. The van der Waals surface area contributed by atoms with Crippen molar-refractivity contribution in [3.05, 3.63) is 23.4 Å². The van der Waals surface area contributed by atoms with Crippen molar-refractivity contribution in [3.8, 4) is 0 Å². The molecule has 0 saturated heterocycles. The van der Waals surface area contributed by atoms with E-state index in [1.165, 1.54) is 24.6 Å². The summed E-state index contributed by atoms with van der Waals surface area (Å²) in [6.45, 7) is 2.53. The predicted molar refractivity (Wildman–Crippen MR) is 76.3 cm³/mol. The summed E-state index contributed by atoms with van der Waals surface area (Å²) in [5, 5.41) is 13.8. The molecule has 20 heavy (non-hydrogen) atoms. The van der Waals surface area contributed by atoms with Crippen LogP contribution in [-0.2, 0) is 6.54 Å². The van der Waals surface area contributed by atoms with Gasteiger partial charge in [0.25, 0.3) is 0 Å². The Labute approximate surface area is 122 Å². The number of nitrogens with two attached hydrogens (primary N) is 1. The summed E-state index contributed by atoms with van der Waals surface area (Å²) < 4.78 is 1.95. The molecule has 2 aromatic rings. The van der Waals surface area contributed by atoms with Gasteiger partial charge in [0.1, 0.15) is 5.03 Å². The van der Waals surface area contributed by atoms with E-state index in [-0.39, 0.29) is 0 Å². The lowest BCUT2D eigenvalue weighted by atomic mass is 10.2. The molecule has 0 aromatic carbocycles. The van der Waals surface area contributed by atoms with E-state index in [2.05, 4.69) is 20.5 Å². The fourth-order valence-corrected chi connectivity index (χ4v) is 3.63. The van der Waals surface area contributed by atoms with Gasteiger partial charge in [0.15, 0.2) is 0 Å². The Hall–Kier alpha value is -1.47. The number of aromatic nitrogens is 5. The molecule has 7 heteroatoms. The first-order chi connectivity index (χ1) is 9.79. The normalized spacial score (nSPS) is 15.9. The number of hydrogen-bond donors (Lipinski definition) is 1. The monoisotopic (exact) mass is 290 g/mol. The van der Waals surface area contributed by atoms with Crippen molar-refractivity contribution >= 4 is 11.8 Å². The Bertz CT molecular complexity index is 590. The van der Waals surface area contributed by atoms with Crippen molar-refractivity contribution in [2.75, 3.05) is 0 Å². The second-order valence-electron chi connectivity index (χ2n) is 5.06. The number of nitrogens with zero attached hydrogens (tertiary/aromatic N) is 5. The highest BCUT2D eigenvalue weighted by Gasteiger charge is 2.22. The zero-order chi connectivity index (χ0) is 13.9. The van der Waals surface area contributed by atoms with Gasteiger partial charge >= 0.3 is 0 Å². The molecule has 3 rings (SSSR count). The summed E-state index contributed by atoms with van der Waals surface area (Å²) in [5.41, 5.74) is 8.05. The summed E-state index contributed by atoms with van der Waals surface area (Å²) in [6, 6.07) is 2.41. The van der Waals surface area contributed by atoms with Gasteiger partial charge in [-0.25, -0.2) is 9.67 Å². The van der Waals surface area contributed by atoms with Crippen LogP contribution in [0.4, 0.5) is 0 Å². The summed E-state index contributed by atoms with van der Waals surface area (Å²) in [4.78, 5) is 4.43. The lowest BCUT2D eigenvalue weighted by Gasteiger charge is -2.12. The Morgan fingerprint density at radius 2 is 2.20 bits per heavy atom. The summed E-state index contributed by atoms with van der Waals surface area (Å²) in [6.07, 6.45) is 6.63. The van der Waals surface area contributed by atoms with Crippen molar-refractivity contribution in [1.82, 2.24) is 25.2 Å². The number of aryl methyl sites for hydroxylation is 1. The molecular weight excluding hydrogens is 272 g/mol. The molecule has 2 aromatic heterocycles. The van der Waals surface area contributed by atoms with Crippen LogP contribution in [0.15, 0.2) is 22.4 Å². The van der Waals surface area contributed by atoms with Gasteiger partial charge in [0, 0.05) is 18.3 Å². The Kier molecular flexibility index (Phi) is 3.98. The van der Waals surface area contributed by atoms with Gasteiger partial charge in [0.05, 0.1) is 6.04 Å². The molecule has 0 bridgehead atoms. The van der Waals surface area contributed by atoms with E-state index in [9.17, 15) is 0 Å². The van der Waals surface area contributed by atoms with Crippen molar-refractivity contribution in [1.29, 1.82) is 0 Å². The molecule has 2 N–H and O–H groups in total. The highest BCUT2D eigenvalue weighted by Crippen LogP contribution is 2.34. The van der Waals surface area contributed by atoms with Gasteiger partial charge in [-0.1, -0.05) is 12.8 Å². The molecule has 2 heterocycles. The van der Waals surface area contributed by atoms with Crippen LogP contribution in [0.1, 0.15) is 42.9 Å². The van der Waals surface area contributed by atoms with E-state index in [4.69, 9.17) is 5.73 Å². The summed E-state index contributed by atoms with van der Waals surface area (Å²) in [7, 11) is 0. The van der Waals surface area contributed by atoms with Crippen molar-refractivity contribution in [3.63, 3.8) is 0 Å². The maximum atomic E-state index is 5.83. The second-order valence-corrected chi connectivity index (χ2v) is 6.02. The predicted octanol–water partition coefficient (Wildman–Crippen LogP) is 2.10. The standard InChI is InChI=1S/C13H18N6S/c1-9-6-7-15-12(11(9)8-14)20-13-16-17-18-19(13)10-4-2-3-5-10/h6-7,10H,2-5,8,14H2,1H3. The zero-order valence-electron chi connectivity index (χ0n) is 11.5. The molecule has 0 unspecified atom stereocenters. The highest BCUT2D eigenvalue weighted by molar-refractivity contribution is 7.99. The third-order valence-electron chi connectivity index (χ3n) is 3.78. The van der Waals surface area contributed by atoms with Crippen molar-refractivity contribution in [2.24, 2.45) is 5.73 Å². The molecule has 1 aliphatic rings. The molecule has 0 radical (unpaired) electrons. The second kappa shape index (κ2) is 5.88. The molecule has 6 nitrogen and oxygen atoms in total. The molecule has 0 amide bonds. The van der Waals surface area contributed by atoms with Crippen LogP contribution in [0.3, 0.4) is 0 Å². The Balaban J connectivity index is 1.88. The van der Waals surface area contributed by atoms with Gasteiger partial charge in [-0.2, -0.15) is 0 Å². The summed E-state index contributed by atoms with van der Waals surface area (Å²) in [5.74, 6) is 0. The maximum Gasteiger partial charge on any atom is 0.215 e. The fraction of sp³-hybridized carbons (Fsp3) is 0.538. The van der Waals surface area contributed by atoms with Crippen LogP contribution in [0.5, 0.6) is 0 Å². The topological polar surface area (TPSA) is 82.5 Å². The first-order valence-electron chi connectivity index (χ1n) is 6.90. The zero-order valence-corrected chi connectivity index (χ0v) is 12.3. The smallest absolute Gasteiger partial charge is 0.215 e. The maximum absolute atomic E-state index is 5.83. The molecule has 1 aliphatic carbocycles. The Morgan fingerprint density at radius 1 is 1.40 bits per heavy atom. The SMILES string of the molecule is Cc1ccnc(Sc2nnnn2C2CCCC2)c1CN. The van der Waals surface area contributed by atoms with Crippen LogP contribution in [0, 0.1) is 6.92 Å². The lowest BCUT2D eigenvalue weighted by Crippen LogP contribution is -2.09. The van der Waals surface area contributed by atoms with Gasteiger partial charge in [-0.3, -0.25) is 0 Å². The summed E-state index contributed by atoms with van der Waals surface area (Å²) >= 11 is 1.51. The van der Waals surface area contributed by atoms with E-state index < -0.39 is 0 Å². The van der Waals surface area contributed by atoms with E-state index >= 15 is 0 Å². The molecule has 0 aliphatic heterocycles. The van der Waals surface area contributed by atoms with E-state index in [0.717, 1.165) is 34.2 Å². The molecule has 0 atom stereocenters. The van der Waals surface area contributed by atoms with Crippen LogP contribution in [-0.4, -0.2) is 25.2 Å². The third-order valence-corrected chi connectivity index (χ3v) is 4.77. The van der Waals surface area contributed by atoms with Gasteiger partial charge < -0.3 is 5.73 Å².